The molecular formula is C20H30N2O. The van der Waals surface area contributed by atoms with Crippen molar-refractivity contribution in [1.82, 2.24) is 10.6 Å². The molecule has 0 aliphatic carbocycles. The smallest absolute Gasteiger partial charge is 0.220 e. The van der Waals surface area contributed by atoms with Crippen molar-refractivity contribution in [3.63, 3.8) is 0 Å². The lowest BCUT2D eigenvalue weighted by Gasteiger charge is -2.29. The Morgan fingerprint density at radius 2 is 1.78 bits per heavy atom. The van der Waals surface area contributed by atoms with E-state index in [9.17, 15) is 4.79 Å². The van der Waals surface area contributed by atoms with E-state index in [1.165, 1.54) is 42.4 Å². The number of amides is 1. The average molecular weight is 314 g/mol. The zero-order valence-electron chi connectivity index (χ0n) is 14.7. The van der Waals surface area contributed by atoms with Crippen LogP contribution in [0, 0.1) is 19.8 Å². The van der Waals surface area contributed by atoms with Crippen LogP contribution in [0.1, 0.15) is 55.7 Å². The standard InChI is InChI=1S/C20H30N2O/c1-13-6-14(2)8-16(7-13)9-15(3)21-20(23)12-17-10-18-4-5-19(11-17)22-18/h6-8,15,17-19,22H,4-5,9-12H2,1-3H3,(H,21,23). The minimum Gasteiger partial charge on any atom is -0.353 e. The second kappa shape index (κ2) is 7.04. The molecule has 23 heavy (non-hydrogen) atoms. The first-order valence-corrected chi connectivity index (χ1v) is 9.10. The highest BCUT2D eigenvalue weighted by molar-refractivity contribution is 5.76. The molecule has 3 unspecified atom stereocenters. The van der Waals surface area contributed by atoms with E-state index in [0.29, 0.717) is 24.4 Å². The van der Waals surface area contributed by atoms with Crippen molar-refractivity contribution < 1.29 is 4.79 Å². The van der Waals surface area contributed by atoms with Gasteiger partial charge in [-0.2, -0.15) is 0 Å². The quantitative estimate of drug-likeness (QED) is 0.876. The Hall–Kier alpha value is -1.35. The molecule has 0 aromatic heterocycles. The van der Waals surface area contributed by atoms with Crippen molar-refractivity contribution in [2.75, 3.05) is 0 Å². The molecule has 2 aliphatic rings. The fraction of sp³-hybridized carbons (Fsp3) is 0.650. The van der Waals surface area contributed by atoms with Crippen LogP contribution in [0.2, 0.25) is 0 Å². The minimum atomic E-state index is 0.196. The third-order valence-corrected chi connectivity index (χ3v) is 5.28. The van der Waals surface area contributed by atoms with Crippen molar-refractivity contribution in [1.29, 1.82) is 0 Å². The Morgan fingerprint density at radius 3 is 2.39 bits per heavy atom. The van der Waals surface area contributed by atoms with E-state index in [-0.39, 0.29) is 11.9 Å². The molecule has 3 rings (SSSR count). The highest BCUT2D eigenvalue weighted by atomic mass is 16.1. The minimum absolute atomic E-state index is 0.196. The lowest BCUT2D eigenvalue weighted by atomic mass is 9.89. The lowest BCUT2D eigenvalue weighted by Crippen LogP contribution is -2.41. The predicted octanol–water partition coefficient (Wildman–Crippen LogP) is 3.27. The monoisotopic (exact) mass is 314 g/mol. The van der Waals surface area contributed by atoms with Crippen LogP contribution in [0.5, 0.6) is 0 Å². The Morgan fingerprint density at radius 1 is 1.17 bits per heavy atom. The summed E-state index contributed by atoms with van der Waals surface area (Å²) >= 11 is 0. The highest BCUT2D eigenvalue weighted by Gasteiger charge is 2.34. The molecule has 2 fully saturated rings. The van der Waals surface area contributed by atoms with Crippen LogP contribution in [-0.2, 0) is 11.2 Å². The number of nitrogens with one attached hydrogen (secondary N) is 2. The van der Waals surface area contributed by atoms with E-state index in [0.717, 1.165) is 6.42 Å². The van der Waals surface area contributed by atoms with Crippen LogP contribution >= 0.6 is 0 Å². The van der Waals surface area contributed by atoms with Crippen molar-refractivity contribution >= 4 is 5.91 Å². The number of benzene rings is 1. The number of hydrogen-bond acceptors (Lipinski definition) is 2. The van der Waals surface area contributed by atoms with Gasteiger partial charge in [0, 0.05) is 24.5 Å². The molecule has 0 radical (unpaired) electrons. The molecule has 2 N–H and O–H groups in total. The molecular weight excluding hydrogens is 284 g/mol. The maximum Gasteiger partial charge on any atom is 0.220 e. The topological polar surface area (TPSA) is 41.1 Å². The predicted molar refractivity (Wildman–Crippen MR) is 94.5 cm³/mol. The van der Waals surface area contributed by atoms with Crippen molar-refractivity contribution in [3.05, 3.63) is 34.9 Å². The molecule has 0 spiro atoms. The molecule has 3 atom stereocenters. The summed E-state index contributed by atoms with van der Waals surface area (Å²) in [7, 11) is 0. The normalized spacial score (nSPS) is 27.7. The van der Waals surface area contributed by atoms with Crippen LogP contribution in [0.4, 0.5) is 0 Å². The maximum atomic E-state index is 12.3. The van der Waals surface area contributed by atoms with Gasteiger partial charge in [0.25, 0.3) is 0 Å². The zero-order chi connectivity index (χ0) is 16.4. The van der Waals surface area contributed by atoms with E-state index in [4.69, 9.17) is 0 Å². The van der Waals surface area contributed by atoms with Gasteiger partial charge in [0.05, 0.1) is 0 Å². The molecule has 2 saturated heterocycles. The molecule has 1 aromatic carbocycles. The molecule has 2 aliphatic heterocycles. The van der Waals surface area contributed by atoms with Crippen molar-refractivity contribution in [2.45, 2.75) is 77.4 Å². The number of piperidine rings is 1. The number of aryl methyl sites for hydroxylation is 2. The van der Waals surface area contributed by atoms with Gasteiger partial charge in [-0.1, -0.05) is 29.3 Å². The maximum absolute atomic E-state index is 12.3. The second-order valence-corrected chi connectivity index (χ2v) is 7.85. The van der Waals surface area contributed by atoms with Gasteiger partial charge >= 0.3 is 0 Å². The fourth-order valence-corrected chi connectivity index (χ4v) is 4.53. The second-order valence-electron chi connectivity index (χ2n) is 7.85. The summed E-state index contributed by atoms with van der Waals surface area (Å²) < 4.78 is 0. The number of carbonyl (C=O) groups excluding carboxylic acids is 1. The van der Waals surface area contributed by atoms with Crippen molar-refractivity contribution in [2.24, 2.45) is 5.92 Å². The molecule has 1 amide bonds. The molecule has 1 aromatic rings. The zero-order valence-corrected chi connectivity index (χ0v) is 14.7. The van der Waals surface area contributed by atoms with Gasteiger partial charge in [-0.05, 0) is 64.4 Å². The van der Waals surface area contributed by atoms with Gasteiger partial charge in [-0.3, -0.25) is 4.79 Å². The Kier molecular flexibility index (Phi) is 5.05. The lowest BCUT2D eigenvalue weighted by molar-refractivity contribution is -0.122. The first kappa shape index (κ1) is 16.5. The van der Waals surface area contributed by atoms with E-state index in [1.807, 2.05) is 0 Å². The van der Waals surface area contributed by atoms with Gasteiger partial charge in [0.2, 0.25) is 5.91 Å². The fourth-order valence-electron chi connectivity index (χ4n) is 4.53. The summed E-state index contributed by atoms with van der Waals surface area (Å²) in [6.07, 6.45) is 6.56. The molecule has 2 heterocycles. The average Bonchev–Trinajstić information content (AvgIpc) is 2.76. The summed E-state index contributed by atoms with van der Waals surface area (Å²) in [4.78, 5) is 12.3. The third-order valence-electron chi connectivity index (χ3n) is 5.28. The molecule has 3 heteroatoms. The number of rotatable bonds is 5. The van der Waals surface area contributed by atoms with Crippen molar-refractivity contribution in [3.8, 4) is 0 Å². The van der Waals surface area contributed by atoms with Crippen LogP contribution < -0.4 is 10.6 Å². The first-order valence-electron chi connectivity index (χ1n) is 9.10. The molecule has 2 bridgehead atoms. The van der Waals surface area contributed by atoms with E-state index < -0.39 is 0 Å². The van der Waals surface area contributed by atoms with E-state index >= 15 is 0 Å². The van der Waals surface area contributed by atoms with Crippen LogP contribution in [0.15, 0.2) is 18.2 Å². The Balaban J connectivity index is 1.47. The third kappa shape index (κ3) is 4.57. The molecule has 3 nitrogen and oxygen atoms in total. The summed E-state index contributed by atoms with van der Waals surface area (Å²) in [5.74, 6) is 0.801. The van der Waals surface area contributed by atoms with Crippen LogP contribution in [-0.4, -0.2) is 24.0 Å². The van der Waals surface area contributed by atoms with Crippen LogP contribution in [0.25, 0.3) is 0 Å². The van der Waals surface area contributed by atoms with Gasteiger partial charge in [0.15, 0.2) is 0 Å². The largest absolute Gasteiger partial charge is 0.353 e. The van der Waals surface area contributed by atoms with Gasteiger partial charge in [-0.15, -0.1) is 0 Å². The van der Waals surface area contributed by atoms with Crippen LogP contribution in [0.3, 0.4) is 0 Å². The number of fused-ring (bicyclic) bond motifs is 2. The molecule has 126 valence electrons. The van der Waals surface area contributed by atoms with E-state index in [1.54, 1.807) is 0 Å². The summed E-state index contributed by atoms with van der Waals surface area (Å²) in [6.45, 7) is 6.37. The number of carbonyl (C=O) groups is 1. The first-order chi connectivity index (χ1) is 11.0. The van der Waals surface area contributed by atoms with Gasteiger partial charge < -0.3 is 10.6 Å². The van der Waals surface area contributed by atoms with E-state index in [2.05, 4.69) is 49.6 Å². The Bertz CT molecular complexity index is 537. The summed E-state index contributed by atoms with van der Waals surface area (Å²) in [6, 6.07) is 8.17. The summed E-state index contributed by atoms with van der Waals surface area (Å²) in [5.41, 5.74) is 3.91. The summed E-state index contributed by atoms with van der Waals surface area (Å²) in [5, 5.41) is 6.85. The highest BCUT2D eigenvalue weighted by Crippen LogP contribution is 2.32. The molecule has 0 saturated carbocycles. The Labute approximate surface area is 140 Å². The number of hydrogen-bond donors (Lipinski definition) is 2. The SMILES string of the molecule is Cc1cc(C)cc(CC(C)NC(=O)CC2CC3CCC(C2)N3)c1. The van der Waals surface area contributed by atoms with Gasteiger partial charge in [-0.25, -0.2) is 0 Å². The van der Waals surface area contributed by atoms with Gasteiger partial charge in [0.1, 0.15) is 0 Å².